The van der Waals surface area contributed by atoms with Gasteiger partial charge in [0.05, 0.1) is 6.54 Å². The first-order chi connectivity index (χ1) is 7.70. The molecule has 0 aliphatic heterocycles. The lowest BCUT2D eigenvalue weighted by molar-refractivity contribution is 0.0977. The number of nitrogens with zero attached hydrogens (tertiary/aromatic N) is 1. The van der Waals surface area contributed by atoms with Crippen LogP contribution in [-0.4, -0.2) is 16.5 Å². The molecule has 0 radical (unpaired) electrons. The van der Waals surface area contributed by atoms with Crippen molar-refractivity contribution < 1.29 is 0 Å². The topological polar surface area (TPSA) is 40.7 Å². The predicted molar refractivity (Wildman–Crippen MR) is 66.0 cm³/mol. The molecule has 2 rings (SSSR count). The van der Waals surface area contributed by atoms with Gasteiger partial charge >= 0.3 is 0 Å². The first-order valence-electron chi connectivity index (χ1n) is 6.39. The van der Waals surface area contributed by atoms with Crippen molar-refractivity contribution in [3.05, 3.63) is 18.2 Å². The fraction of sp³-hybridized carbons (Fsp3) is 0.769. The van der Waals surface area contributed by atoms with Gasteiger partial charge in [0.1, 0.15) is 5.82 Å². The van der Waals surface area contributed by atoms with Crippen LogP contribution in [0.2, 0.25) is 0 Å². The zero-order valence-electron chi connectivity index (χ0n) is 10.4. The molecule has 1 saturated carbocycles. The summed E-state index contributed by atoms with van der Waals surface area (Å²) in [6.07, 6.45) is 9.26. The van der Waals surface area contributed by atoms with Crippen molar-refractivity contribution in [1.29, 1.82) is 0 Å². The van der Waals surface area contributed by atoms with Gasteiger partial charge in [0.25, 0.3) is 0 Å². The number of nitrogens with one attached hydrogen (secondary N) is 2. The van der Waals surface area contributed by atoms with E-state index >= 15 is 0 Å². The zero-order valence-corrected chi connectivity index (χ0v) is 10.4. The molecule has 0 bridgehead atoms. The molecule has 0 saturated heterocycles. The second kappa shape index (κ2) is 5.00. The molecule has 0 unspecified atom stereocenters. The number of hydrogen-bond donors (Lipinski definition) is 2. The van der Waals surface area contributed by atoms with Crippen LogP contribution in [-0.2, 0) is 6.54 Å². The van der Waals surface area contributed by atoms with Gasteiger partial charge in [-0.05, 0) is 30.6 Å². The van der Waals surface area contributed by atoms with E-state index in [0.29, 0.717) is 5.41 Å². The average molecular weight is 221 g/mol. The van der Waals surface area contributed by atoms with E-state index < -0.39 is 0 Å². The molecule has 0 amide bonds. The van der Waals surface area contributed by atoms with Crippen LogP contribution < -0.4 is 5.32 Å². The molecule has 1 fully saturated rings. The van der Waals surface area contributed by atoms with Crippen LogP contribution in [0.4, 0.5) is 0 Å². The van der Waals surface area contributed by atoms with E-state index in [4.69, 9.17) is 0 Å². The summed E-state index contributed by atoms with van der Waals surface area (Å²) >= 11 is 0. The van der Waals surface area contributed by atoms with Gasteiger partial charge in [-0.2, -0.15) is 0 Å². The molecule has 1 aliphatic carbocycles. The van der Waals surface area contributed by atoms with E-state index in [1.807, 2.05) is 12.4 Å². The molecule has 0 atom stereocenters. The summed E-state index contributed by atoms with van der Waals surface area (Å²) in [5, 5.41) is 3.54. The van der Waals surface area contributed by atoms with Crippen molar-refractivity contribution in [2.75, 3.05) is 6.54 Å². The molecule has 3 heteroatoms. The Morgan fingerprint density at radius 3 is 2.81 bits per heavy atom. The van der Waals surface area contributed by atoms with Crippen molar-refractivity contribution in [3.63, 3.8) is 0 Å². The third-order valence-electron chi connectivity index (χ3n) is 3.60. The minimum absolute atomic E-state index is 0.584. The lowest BCUT2D eigenvalue weighted by Crippen LogP contribution is -2.40. The Kier molecular flexibility index (Phi) is 3.64. The van der Waals surface area contributed by atoms with Crippen LogP contribution in [0.5, 0.6) is 0 Å². The zero-order chi connectivity index (χ0) is 11.4. The van der Waals surface area contributed by atoms with Crippen molar-refractivity contribution in [1.82, 2.24) is 15.3 Å². The van der Waals surface area contributed by atoms with E-state index in [0.717, 1.165) is 24.8 Å². The molecule has 0 spiro atoms. The van der Waals surface area contributed by atoms with Gasteiger partial charge < -0.3 is 10.3 Å². The highest BCUT2D eigenvalue weighted by atomic mass is 15.0. The van der Waals surface area contributed by atoms with Crippen LogP contribution >= 0.6 is 0 Å². The largest absolute Gasteiger partial charge is 0.348 e. The smallest absolute Gasteiger partial charge is 0.120 e. The molecule has 0 aromatic carbocycles. The SMILES string of the molecule is CC(C)CC1(CNCc2ncc[nH]2)CCC1. The summed E-state index contributed by atoms with van der Waals surface area (Å²) in [5.41, 5.74) is 0.584. The van der Waals surface area contributed by atoms with Crippen LogP contribution in [0.3, 0.4) is 0 Å². The molecule has 2 N–H and O–H groups in total. The highest BCUT2D eigenvalue weighted by molar-refractivity contribution is 4.92. The van der Waals surface area contributed by atoms with Crippen LogP contribution in [0.25, 0.3) is 0 Å². The average Bonchev–Trinajstić information content (AvgIpc) is 2.66. The van der Waals surface area contributed by atoms with Crippen molar-refractivity contribution in [2.45, 2.75) is 46.1 Å². The van der Waals surface area contributed by atoms with E-state index in [2.05, 4.69) is 29.1 Å². The number of aromatic nitrogens is 2. The van der Waals surface area contributed by atoms with Crippen LogP contribution in [0.1, 0.15) is 45.4 Å². The van der Waals surface area contributed by atoms with Gasteiger partial charge in [-0.15, -0.1) is 0 Å². The third-order valence-corrected chi connectivity index (χ3v) is 3.60. The minimum Gasteiger partial charge on any atom is -0.348 e. The maximum atomic E-state index is 4.22. The normalized spacial score (nSPS) is 18.7. The Morgan fingerprint density at radius 2 is 2.31 bits per heavy atom. The van der Waals surface area contributed by atoms with Crippen molar-refractivity contribution in [2.24, 2.45) is 11.3 Å². The summed E-state index contributed by atoms with van der Waals surface area (Å²) in [5.74, 6) is 1.85. The summed E-state index contributed by atoms with van der Waals surface area (Å²) < 4.78 is 0. The van der Waals surface area contributed by atoms with Crippen LogP contribution in [0.15, 0.2) is 12.4 Å². The quantitative estimate of drug-likeness (QED) is 0.775. The number of H-pyrrole nitrogens is 1. The standard InChI is InChI=1S/C13H23N3/c1-11(2)8-13(4-3-5-13)10-14-9-12-15-6-7-16-12/h6-7,11,14H,3-5,8-10H2,1-2H3,(H,15,16). The molecule has 1 heterocycles. The summed E-state index contributed by atoms with van der Waals surface area (Å²) in [6, 6.07) is 0. The molecule has 16 heavy (non-hydrogen) atoms. The predicted octanol–water partition coefficient (Wildman–Crippen LogP) is 2.72. The maximum absolute atomic E-state index is 4.22. The Bertz CT molecular complexity index is 299. The summed E-state index contributed by atoms with van der Waals surface area (Å²) in [4.78, 5) is 7.35. The fourth-order valence-electron chi connectivity index (χ4n) is 2.84. The summed E-state index contributed by atoms with van der Waals surface area (Å²) in [7, 11) is 0. The van der Waals surface area contributed by atoms with Gasteiger partial charge in [-0.1, -0.05) is 20.3 Å². The number of hydrogen-bond acceptors (Lipinski definition) is 2. The van der Waals surface area contributed by atoms with E-state index in [1.165, 1.54) is 25.7 Å². The highest BCUT2D eigenvalue weighted by Gasteiger charge is 2.36. The van der Waals surface area contributed by atoms with Gasteiger partial charge in [-0.3, -0.25) is 0 Å². The first kappa shape index (κ1) is 11.6. The van der Waals surface area contributed by atoms with E-state index in [9.17, 15) is 0 Å². The first-order valence-corrected chi connectivity index (χ1v) is 6.39. The molecular weight excluding hydrogens is 198 g/mol. The van der Waals surface area contributed by atoms with Gasteiger partial charge in [0.15, 0.2) is 0 Å². The number of rotatable bonds is 6. The Balaban J connectivity index is 1.75. The fourth-order valence-corrected chi connectivity index (χ4v) is 2.84. The maximum Gasteiger partial charge on any atom is 0.120 e. The van der Waals surface area contributed by atoms with Gasteiger partial charge in [0, 0.05) is 18.9 Å². The number of aromatic amines is 1. The second-order valence-corrected chi connectivity index (χ2v) is 5.59. The van der Waals surface area contributed by atoms with Gasteiger partial charge in [0.2, 0.25) is 0 Å². The lowest BCUT2D eigenvalue weighted by Gasteiger charge is -2.43. The number of imidazole rings is 1. The molecular formula is C13H23N3. The Hall–Kier alpha value is -0.830. The van der Waals surface area contributed by atoms with Crippen molar-refractivity contribution in [3.8, 4) is 0 Å². The molecule has 90 valence electrons. The highest BCUT2D eigenvalue weighted by Crippen LogP contribution is 2.45. The van der Waals surface area contributed by atoms with E-state index in [1.54, 1.807) is 0 Å². The molecule has 1 aliphatic rings. The van der Waals surface area contributed by atoms with E-state index in [-0.39, 0.29) is 0 Å². The minimum atomic E-state index is 0.584. The molecule has 1 aromatic heterocycles. The lowest BCUT2D eigenvalue weighted by atomic mass is 9.64. The van der Waals surface area contributed by atoms with Crippen LogP contribution in [0, 0.1) is 11.3 Å². The third kappa shape index (κ3) is 2.85. The van der Waals surface area contributed by atoms with Gasteiger partial charge in [-0.25, -0.2) is 4.98 Å². The second-order valence-electron chi connectivity index (χ2n) is 5.59. The Labute approximate surface area is 98.1 Å². The molecule has 1 aromatic rings. The Morgan fingerprint density at radius 1 is 1.50 bits per heavy atom. The van der Waals surface area contributed by atoms with Crippen molar-refractivity contribution >= 4 is 0 Å². The monoisotopic (exact) mass is 221 g/mol. The molecule has 3 nitrogen and oxygen atoms in total. The summed E-state index contributed by atoms with van der Waals surface area (Å²) in [6.45, 7) is 6.66.